The Morgan fingerprint density at radius 1 is 1.36 bits per heavy atom. The van der Waals surface area contributed by atoms with Crippen LogP contribution in [-0.4, -0.2) is 39.6 Å². The van der Waals surface area contributed by atoms with Crippen LogP contribution in [0.2, 0.25) is 0 Å². The van der Waals surface area contributed by atoms with E-state index in [4.69, 9.17) is 5.73 Å². The number of hydrogen-bond acceptors (Lipinski definition) is 6. The Balaban J connectivity index is 2.05. The first kappa shape index (κ1) is 17.7. The summed E-state index contributed by atoms with van der Waals surface area (Å²) < 4.78 is 28.9. The van der Waals surface area contributed by atoms with Gasteiger partial charge in [-0.2, -0.15) is 5.10 Å². The average molecular weight is 386 g/mol. The van der Waals surface area contributed by atoms with Gasteiger partial charge in [0.15, 0.2) is 17.3 Å². The van der Waals surface area contributed by atoms with Crippen molar-refractivity contribution in [3.63, 3.8) is 0 Å². The molecule has 0 bridgehead atoms. The van der Waals surface area contributed by atoms with Crippen LogP contribution in [0.15, 0.2) is 24.5 Å². The monoisotopic (exact) mass is 386 g/mol. The molecule has 0 atom stereocenters. The number of H-pyrrole nitrogens is 1. The number of benzene rings is 1. The van der Waals surface area contributed by atoms with Gasteiger partial charge in [-0.3, -0.25) is 9.50 Å². The number of carbonyl (C=O) groups excluding carboxylic acids is 1. The van der Waals surface area contributed by atoms with Crippen LogP contribution >= 0.6 is 0 Å². The van der Waals surface area contributed by atoms with Gasteiger partial charge in [-0.15, -0.1) is 0 Å². The lowest BCUT2D eigenvalue weighted by atomic mass is 9.96. The third-order valence-corrected chi connectivity index (χ3v) is 4.70. The molecular weight excluding hydrogens is 370 g/mol. The number of fused-ring (bicyclic) bond motifs is 2. The first-order chi connectivity index (χ1) is 13.3. The number of halogens is 2. The number of anilines is 2. The van der Waals surface area contributed by atoms with Crippen LogP contribution in [0.5, 0.6) is 0 Å². The van der Waals surface area contributed by atoms with E-state index in [-0.39, 0.29) is 11.5 Å². The second-order valence-electron chi connectivity index (χ2n) is 6.57. The van der Waals surface area contributed by atoms with Gasteiger partial charge in [-0.25, -0.2) is 19.1 Å². The zero-order valence-electron chi connectivity index (χ0n) is 15.2. The van der Waals surface area contributed by atoms with Crippen LogP contribution in [0.4, 0.5) is 20.4 Å². The lowest BCUT2D eigenvalue weighted by Gasteiger charge is -2.19. The summed E-state index contributed by atoms with van der Waals surface area (Å²) in [7, 11) is 3.49. The quantitative estimate of drug-likeness (QED) is 0.561. The van der Waals surface area contributed by atoms with Crippen molar-refractivity contribution in [2.75, 3.05) is 24.7 Å². The maximum absolute atomic E-state index is 15.1. The molecule has 3 aromatic heterocycles. The van der Waals surface area contributed by atoms with Crippen molar-refractivity contribution in [2.24, 2.45) is 0 Å². The molecule has 144 valence electrons. The molecule has 0 saturated carbocycles. The number of nitrogens with two attached hydrogens (primary N) is 1. The molecule has 0 saturated heterocycles. The molecule has 0 radical (unpaired) electrons. The Kier molecular flexibility index (Phi) is 3.91. The third kappa shape index (κ3) is 2.38. The van der Waals surface area contributed by atoms with Crippen molar-refractivity contribution in [2.45, 2.75) is 6.92 Å². The highest BCUT2D eigenvalue weighted by atomic mass is 19.3. The number of aromatic amines is 1. The normalized spacial score (nSPS) is 11.3. The number of imidazole rings is 1. The molecule has 1 aromatic carbocycles. The first-order valence-electron chi connectivity index (χ1n) is 8.28. The van der Waals surface area contributed by atoms with E-state index in [0.717, 1.165) is 0 Å². The summed E-state index contributed by atoms with van der Waals surface area (Å²) in [5.41, 5.74) is 8.29. The highest BCUT2D eigenvalue weighted by molar-refractivity contribution is 6.03. The second-order valence-corrected chi connectivity index (χ2v) is 6.57. The summed E-state index contributed by atoms with van der Waals surface area (Å²) in [5, 5.41) is 7.59. The van der Waals surface area contributed by atoms with Crippen molar-refractivity contribution in [3.05, 3.63) is 41.6 Å². The Morgan fingerprint density at radius 3 is 2.79 bits per heavy atom. The van der Waals surface area contributed by atoms with E-state index in [9.17, 15) is 9.32 Å². The van der Waals surface area contributed by atoms with Gasteiger partial charge < -0.3 is 10.6 Å². The first-order valence-corrected chi connectivity index (χ1v) is 8.28. The van der Waals surface area contributed by atoms with Crippen LogP contribution in [0, 0.1) is 12.7 Å². The minimum atomic E-state index is -1.26. The molecule has 4 rings (SSSR count). The molecule has 0 unspecified atom stereocenters. The largest absolute Gasteiger partial charge is 0.399 e. The Labute approximate surface area is 157 Å². The molecular formula is C18H16F2N6O2. The SMILES string of the molecule is Cc1c(F)c(N(C)C)c2[nH]ncc2c1-c1ccc2nc(N)c(C(=O)OF)n2c1. The summed E-state index contributed by atoms with van der Waals surface area (Å²) >= 11 is 0. The molecule has 4 aromatic rings. The van der Waals surface area contributed by atoms with Gasteiger partial charge >= 0.3 is 5.97 Å². The van der Waals surface area contributed by atoms with E-state index < -0.39 is 11.8 Å². The summed E-state index contributed by atoms with van der Waals surface area (Å²) in [6.45, 7) is 1.66. The molecule has 8 nitrogen and oxygen atoms in total. The fourth-order valence-corrected chi connectivity index (χ4v) is 3.50. The van der Waals surface area contributed by atoms with Crippen molar-refractivity contribution in [1.29, 1.82) is 0 Å². The maximum atomic E-state index is 15.1. The van der Waals surface area contributed by atoms with Crippen LogP contribution in [0.3, 0.4) is 0 Å². The van der Waals surface area contributed by atoms with E-state index in [1.54, 1.807) is 44.2 Å². The van der Waals surface area contributed by atoms with E-state index >= 15 is 4.39 Å². The molecule has 0 aliphatic heterocycles. The zero-order chi connectivity index (χ0) is 20.2. The van der Waals surface area contributed by atoms with Gasteiger partial charge in [0.2, 0.25) is 0 Å². The van der Waals surface area contributed by atoms with Crippen LogP contribution < -0.4 is 10.6 Å². The highest BCUT2D eigenvalue weighted by Gasteiger charge is 2.23. The number of carbonyl (C=O) groups is 1. The molecule has 3 N–H and O–H groups in total. The van der Waals surface area contributed by atoms with Gasteiger partial charge in [-0.1, -0.05) is 0 Å². The Hall–Kier alpha value is -3.69. The minimum absolute atomic E-state index is 0.167. The minimum Gasteiger partial charge on any atom is -0.382 e. The van der Waals surface area contributed by atoms with Crippen molar-refractivity contribution >= 4 is 34.0 Å². The van der Waals surface area contributed by atoms with Crippen molar-refractivity contribution in [3.8, 4) is 11.1 Å². The Bertz CT molecular complexity index is 1240. The number of nitrogens with zero attached hydrogens (tertiary/aromatic N) is 4. The number of rotatable bonds is 3. The smallest absolute Gasteiger partial charge is 0.382 e. The summed E-state index contributed by atoms with van der Waals surface area (Å²) in [4.78, 5) is 20.8. The van der Waals surface area contributed by atoms with E-state index in [0.29, 0.717) is 38.9 Å². The van der Waals surface area contributed by atoms with Crippen LogP contribution in [-0.2, 0) is 4.94 Å². The third-order valence-electron chi connectivity index (χ3n) is 4.70. The number of nitrogen functional groups attached to an aromatic ring is 1. The molecule has 3 heterocycles. The second kappa shape index (κ2) is 6.19. The van der Waals surface area contributed by atoms with Gasteiger partial charge in [0.25, 0.3) is 0 Å². The Morgan fingerprint density at radius 2 is 2.11 bits per heavy atom. The molecule has 0 fully saturated rings. The topological polar surface area (TPSA) is 102 Å². The molecule has 0 spiro atoms. The molecule has 0 aliphatic rings. The summed E-state index contributed by atoms with van der Waals surface area (Å²) in [5.74, 6) is -1.83. The van der Waals surface area contributed by atoms with E-state index in [1.165, 1.54) is 10.6 Å². The number of pyridine rings is 1. The molecule has 0 aliphatic carbocycles. The number of hydrogen-bond donors (Lipinski definition) is 2. The van der Waals surface area contributed by atoms with Crippen LogP contribution in [0.1, 0.15) is 16.1 Å². The van der Waals surface area contributed by atoms with Gasteiger partial charge in [0, 0.05) is 35.8 Å². The molecule has 28 heavy (non-hydrogen) atoms. The van der Waals surface area contributed by atoms with E-state index in [1.807, 2.05) is 0 Å². The van der Waals surface area contributed by atoms with Crippen molar-refractivity contribution in [1.82, 2.24) is 19.6 Å². The zero-order valence-corrected chi connectivity index (χ0v) is 15.2. The van der Waals surface area contributed by atoms with Crippen molar-refractivity contribution < 1.29 is 18.7 Å². The average Bonchev–Trinajstić information content (AvgIpc) is 3.24. The molecule has 0 amide bonds. The maximum Gasteiger partial charge on any atom is 0.399 e. The predicted octanol–water partition coefficient (Wildman–Crippen LogP) is 3.01. The fourth-order valence-electron chi connectivity index (χ4n) is 3.50. The fraction of sp³-hybridized carbons (Fsp3) is 0.167. The number of aromatic nitrogens is 4. The van der Waals surface area contributed by atoms with E-state index in [2.05, 4.69) is 20.1 Å². The van der Waals surface area contributed by atoms with Crippen LogP contribution in [0.25, 0.3) is 27.7 Å². The standard InChI is InChI=1S/C18H16F2N6O2/c1-8-12(10-6-22-24-14(10)15(13(8)19)25(2)3)9-4-5-11-23-17(21)16(18(27)28-20)26(11)7-9/h4-7H,21H2,1-3H3,(H,22,24). The molecule has 10 heteroatoms. The van der Waals surface area contributed by atoms with Gasteiger partial charge in [-0.05, 0) is 30.2 Å². The summed E-state index contributed by atoms with van der Waals surface area (Å²) in [6.07, 6.45) is 3.14. The predicted molar refractivity (Wildman–Crippen MR) is 100 cm³/mol. The van der Waals surface area contributed by atoms with Gasteiger partial charge in [0.1, 0.15) is 5.65 Å². The lowest BCUT2D eigenvalue weighted by molar-refractivity contribution is -0.0793. The number of nitrogens with one attached hydrogen (secondary N) is 1. The highest BCUT2D eigenvalue weighted by Crippen LogP contribution is 2.39. The summed E-state index contributed by atoms with van der Waals surface area (Å²) in [6, 6.07) is 3.32. The van der Waals surface area contributed by atoms with Gasteiger partial charge in [0.05, 0.1) is 17.4 Å². The lowest BCUT2D eigenvalue weighted by Crippen LogP contribution is -2.13.